The Balaban J connectivity index is 1.34. The zero-order valence-electron chi connectivity index (χ0n) is 18.3. The molecule has 1 unspecified atom stereocenters. The van der Waals surface area contributed by atoms with Crippen LogP contribution < -0.4 is 9.47 Å². The van der Waals surface area contributed by atoms with Gasteiger partial charge in [-0.2, -0.15) is 0 Å². The van der Waals surface area contributed by atoms with Crippen molar-refractivity contribution < 1.29 is 29.3 Å². The van der Waals surface area contributed by atoms with Crippen molar-refractivity contribution in [3.63, 3.8) is 0 Å². The molecule has 0 bridgehead atoms. The molecule has 10 heteroatoms. The topological polar surface area (TPSA) is 104 Å². The molecule has 0 aliphatic carbocycles. The number of carbonyl (C=O) groups is 2. The van der Waals surface area contributed by atoms with Crippen LogP contribution in [-0.4, -0.2) is 69.5 Å². The fraction of sp³-hybridized carbons (Fsp3) is 0.333. The summed E-state index contributed by atoms with van der Waals surface area (Å²) in [5.41, 5.74) is 2.29. The average molecular weight is 486 g/mol. The van der Waals surface area contributed by atoms with E-state index in [0.717, 1.165) is 23.6 Å². The van der Waals surface area contributed by atoms with Gasteiger partial charge in [-0.3, -0.25) is 19.4 Å². The van der Waals surface area contributed by atoms with Crippen LogP contribution in [0.4, 0.5) is 0 Å². The Morgan fingerprint density at radius 2 is 1.76 bits per heavy atom. The Morgan fingerprint density at radius 3 is 2.50 bits per heavy atom. The molecular formula is C24H24ClN3O6. The van der Waals surface area contributed by atoms with Gasteiger partial charge in [0.05, 0.1) is 5.52 Å². The molecule has 3 aromatic rings. The molecule has 1 fully saturated rings. The third kappa shape index (κ3) is 4.42. The molecule has 1 aromatic heterocycles. The highest BCUT2D eigenvalue weighted by Gasteiger charge is 2.33. The molecule has 1 saturated heterocycles. The van der Waals surface area contributed by atoms with Gasteiger partial charge in [0.1, 0.15) is 12.6 Å². The molecule has 0 radical (unpaired) electrons. The quantitative estimate of drug-likeness (QED) is 0.526. The number of aliphatic carboxylic acids is 2. The SMILES string of the molecule is O=C(O)Cn1cc(C(C(=O)O)N2CCN(Cc3ccc4c(c3)OCO4)CC2)c2ccc(Cl)cc21. The summed E-state index contributed by atoms with van der Waals surface area (Å²) in [5.74, 6) is -0.470. The molecule has 34 heavy (non-hydrogen) atoms. The molecule has 2 aliphatic heterocycles. The summed E-state index contributed by atoms with van der Waals surface area (Å²) in [6.07, 6.45) is 1.63. The fourth-order valence-electron chi connectivity index (χ4n) is 4.75. The van der Waals surface area contributed by atoms with Gasteiger partial charge >= 0.3 is 11.9 Å². The first-order chi connectivity index (χ1) is 16.4. The molecule has 9 nitrogen and oxygen atoms in total. The van der Waals surface area contributed by atoms with E-state index in [-0.39, 0.29) is 13.3 Å². The van der Waals surface area contributed by atoms with E-state index in [0.29, 0.717) is 47.7 Å². The van der Waals surface area contributed by atoms with E-state index in [2.05, 4.69) is 4.90 Å². The van der Waals surface area contributed by atoms with Gasteiger partial charge < -0.3 is 24.3 Å². The average Bonchev–Trinajstić information content (AvgIpc) is 3.39. The molecule has 2 aromatic carbocycles. The van der Waals surface area contributed by atoms with Crippen LogP contribution in [0.3, 0.4) is 0 Å². The lowest BCUT2D eigenvalue weighted by Crippen LogP contribution is -2.48. The molecular weight excluding hydrogens is 462 g/mol. The van der Waals surface area contributed by atoms with E-state index in [1.807, 2.05) is 23.1 Å². The summed E-state index contributed by atoms with van der Waals surface area (Å²) >= 11 is 6.13. The lowest BCUT2D eigenvalue weighted by Gasteiger charge is -2.37. The number of piperazine rings is 1. The lowest BCUT2D eigenvalue weighted by atomic mass is 10.0. The molecule has 1 atom stereocenters. The molecule has 5 rings (SSSR count). The van der Waals surface area contributed by atoms with E-state index in [1.165, 1.54) is 0 Å². The highest BCUT2D eigenvalue weighted by atomic mass is 35.5. The van der Waals surface area contributed by atoms with Crippen molar-refractivity contribution in [2.45, 2.75) is 19.1 Å². The maximum absolute atomic E-state index is 12.4. The van der Waals surface area contributed by atoms with E-state index in [1.54, 1.807) is 29.0 Å². The van der Waals surface area contributed by atoms with Crippen molar-refractivity contribution >= 4 is 34.4 Å². The number of aromatic nitrogens is 1. The number of hydrogen-bond donors (Lipinski definition) is 2. The summed E-state index contributed by atoms with van der Waals surface area (Å²) in [6.45, 7) is 3.26. The van der Waals surface area contributed by atoms with Gasteiger partial charge in [-0.15, -0.1) is 0 Å². The first-order valence-corrected chi connectivity index (χ1v) is 11.3. The minimum absolute atomic E-state index is 0.239. The lowest BCUT2D eigenvalue weighted by molar-refractivity contribution is -0.144. The summed E-state index contributed by atoms with van der Waals surface area (Å²) in [5, 5.41) is 20.6. The first-order valence-electron chi connectivity index (χ1n) is 11.0. The molecule has 2 N–H and O–H groups in total. The Kier molecular flexibility index (Phi) is 6.07. The molecule has 2 aliphatic rings. The Labute approximate surface area is 200 Å². The van der Waals surface area contributed by atoms with Crippen LogP contribution in [0.2, 0.25) is 5.02 Å². The predicted octanol–water partition coefficient (Wildman–Crippen LogP) is 3.05. The zero-order valence-corrected chi connectivity index (χ0v) is 19.1. The second-order valence-electron chi connectivity index (χ2n) is 8.51. The summed E-state index contributed by atoms with van der Waals surface area (Å²) in [6, 6.07) is 10.2. The van der Waals surface area contributed by atoms with Gasteiger partial charge in [0.2, 0.25) is 6.79 Å². The fourth-order valence-corrected chi connectivity index (χ4v) is 4.92. The third-order valence-corrected chi connectivity index (χ3v) is 6.56. The molecule has 0 saturated carbocycles. The standard InChI is InChI=1S/C24H24ClN3O6/c25-16-2-3-17-18(12-28(13-22(29)30)19(17)10-16)23(24(31)32)27-7-5-26(6-8-27)11-15-1-4-20-21(9-15)34-14-33-20/h1-4,9-10,12,23H,5-8,11,13-14H2,(H,29,30)(H,31,32). The molecule has 0 amide bonds. The normalized spacial score (nSPS) is 17.2. The number of ether oxygens (including phenoxy) is 2. The first kappa shape index (κ1) is 22.5. The second kappa shape index (κ2) is 9.17. The second-order valence-corrected chi connectivity index (χ2v) is 8.94. The Hall–Kier alpha value is -3.27. The number of nitrogens with zero attached hydrogens (tertiary/aromatic N) is 3. The summed E-state index contributed by atoms with van der Waals surface area (Å²) < 4.78 is 12.4. The van der Waals surface area contributed by atoms with Crippen molar-refractivity contribution in [3.8, 4) is 11.5 Å². The Morgan fingerprint density at radius 1 is 1.00 bits per heavy atom. The monoisotopic (exact) mass is 485 g/mol. The van der Waals surface area contributed by atoms with Gasteiger partial charge in [0.15, 0.2) is 11.5 Å². The third-order valence-electron chi connectivity index (χ3n) is 6.32. The van der Waals surface area contributed by atoms with Gasteiger partial charge in [-0.05, 0) is 29.8 Å². The van der Waals surface area contributed by atoms with E-state index < -0.39 is 18.0 Å². The molecule has 178 valence electrons. The molecule has 3 heterocycles. The van der Waals surface area contributed by atoms with Crippen LogP contribution in [-0.2, 0) is 22.7 Å². The van der Waals surface area contributed by atoms with E-state index >= 15 is 0 Å². The van der Waals surface area contributed by atoms with Crippen LogP contribution in [0, 0.1) is 0 Å². The largest absolute Gasteiger partial charge is 0.480 e. The van der Waals surface area contributed by atoms with Crippen LogP contribution in [0.15, 0.2) is 42.6 Å². The van der Waals surface area contributed by atoms with Crippen LogP contribution >= 0.6 is 11.6 Å². The number of hydrogen-bond acceptors (Lipinski definition) is 6. The number of benzene rings is 2. The minimum atomic E-state index is -1.01. The highest BCUT2D eigenvalue weighted by Crippen LogP contribution is 2.34. The van der Waals surface area contributed by atoms with Crippen molar-refractivity contribution in [1.82, 2.24) is 14.4 Å². The van der Waals surface area contributed by atoms with Crippen molar-refractivity contribution in [3.05, 3.63) is 58.7 Å². The smallest absolute Gasteiger partial charge is 0.325 e. The maximum Gasteiger partial charge on any atom is 0.325 e. The maximum atomic E-state index is 12.4. The van der Waals surface area contributed by atoms with Crippen molar-refractivity contribution in [2.75, 3.05) is 33.0 Å². The van der Waals surface area contributed by atoms with Crippen molar-refractivity contribution in [2.24, 2.45) is 0 Å². The van der Waals surface area contributed by atoms with Crippen LogP contribution in [0.5, 0.6) is 11.5 Å². The van der Waals surface area contributed by atoms with Crippen LogP contribution in [0.1, 0.15) is 17.2 Å². The van der Waals surface area contributed by atoms with Crippen LogP contribution in [0.25, 0.3) is 10.9 Å². The van der Waals surface area contributed by atoms with Gasteiger partial charge in [-0.25, -0.2) is 0 Å². The summed E-state index contributed by atoms with van der Waals surface area (Å²) in [4.78, 5) is 28.0. The summed E-state index contributed by atoms with van der Waals surface area (Å²) in [7, 11) is 0. The van der Waals surface area contributed by atoms with E-state index in [4.69, 9.17) is 21.1 Å². The predicted molar refractivity (Wildman–Crippen MR) is 124 cm³/mol. The van der Waals surface area contributed by atoms with E-state index in [9.17, 15) is 19.8 Å². The number of carboxylic acids is 2. The Bertz CT molecular complexity index is 1250. The zero-order chi connectivity index (χ0) is 23.8. The van der Waals surface area contributed by atoms with Gasteiger partial charge in [0, 0.05) is 54.9 Å². The van der Waals surface area contributed by atoms with Gasteiger partial charge in [-0.1, -0.05) is 23.7 Å². The minimum Gasteiger partial charge on any atom is -0.480 e. The van der Waals surface area contributed by atoms with Gasteiger partial charge in [0.25, 0.3) is 0 Å². The highest BCUT2D eigenvalue weighted by molar-refractivity contribution is 6.31. The molecule has 0 spiro atoms. The number of carboxylic acid groups (broad SMARTS) is 2. The number of halogens is 1. The van der Waals surface area contributed by atoms with Crippen molar-refractivity contribution in [1.29, 1.82) is 0 Å². The number of rotatable bonds is 7. The number of fused-ring (bicyclic) bond motifs is 2.